The van der Waals surface area contributed by atoms with E-state index in [0.717, 1.165) is 11.8 Å². The normalized spacial score (nSPS) is 11.9. The van der Waals surface area contributed by atoms with Crippen LogP contribution >= 0.6 is 0 Å². The van der Waals surface area contributed by atoms with Crippen LogP contribution in [0.3, 0.4) is 0 Å². The van der Waals surface area contributed by atoms with Gasteiger partial charge < -0.3 is 10.1 Å². The molecule has 0 radical (unpaired) electrons. The summed E-state index contributed by atoms with van der Waals surface area (Å²) in [7, 11) is -1.74. The number of rotatable bonds is 4. The molecule has 134 valence electrons. The first-order valence-corrected chi connectivity index (χ1v) is 9.71. The highest BCUT2D eigenvalue weighted by atomic mass is 32.2. The average Bonchev–Trinajstić information content (AvgIpc) is 2.53. The highest BCUT2D eigenvalue weighted by Gasteiger charge is 2.17. The fourth-order valence-corrected chi connectivity index (χ4v) is 2.95. The van der Waals surface area contributed by atoms with Crippen molar-refractivity contribution in [3.63, 3.8) is 0 Å². The molecule has 0 aromatic heterocycles. The van der Waals surface area contributed by atoms with Gasteiger partial charge in [0.05, 0.1) is 17.7 Å². The first-order chi connectivity index (χ1) is 11.5. The van der Waals surface area contributed by atoms with E-state index in [1.165, 1.54) is 24.3 Å². The Morgan fingerprint density at radius 1 is 1.04 bits per heavy atom. The van der Waals surface area contributed by atoms with Crippen LogP contribution in [-0.2, 0) is 15.3 Å². The minimum atomic E-state index is -3.29. The fourth-order valence-electron chi connectivity index (χ4n) is 2.32. The Balaban J connectivity index is 2.31. The first-order valence-electron chi connectivity index (χ1n) is 7.82. The van der Waals surface area contributed by atoms with E-state index in [1.807, 2.05) is 18.2 Å². The van der Waals surface area contributed by atoms with Crippen LogP contribution < -0.4 is 10.1 Å². The molecule has 0 unspecified atom stereocenters. The minimum absolute atomic E-state index is 0.0666. The number of amides is 1. The van der Waals surface area contributed by atoms with Crippen molar-refractivity contribution in [3.05, 3.63) is 53.6 Å². The molecule has 25 heavy (non-hydrogen) atoms. The molecule has 0 spiro atoms. The molecule has 0 aliphatic heterocycles. The molecule has 0 heterocycles. The summed E-state index contributed by atoms with van der Waals surface area (Å²) in [4.78, 5) is 12.7. The molecular formula is C19H23NO4S. The zero-order valence-electron chi connectivity index (χ0n) is 15.1. The summed E-state index contributed by atoms with van der Waals surface area (Å²) in [6.45, 7) is 6.26. The molecule has 5 nitrogen and oxygen atoms in total. The third-order valence-corrected chi connectivity index (χ3v) is 4.99. The molecule has 1 N–H and O–H groups in total. The van der Waals surface area contributed by atoms with Gasteiger partial charge in [0.15, 0.2) is 9.84 Å². The maximum absolute atomic E-state index is 12.5. The number of methoxy groups -OCH3 is 1. The van der Waals surface area contributed by atoms with E-state index in [2.05, 4.69) is 26.1 Å². The van der Waals surface area contributed by atoms with Crippen molar-refractivity contribution in [2.45, 2.75) is 31.1 Å². The van der Waals surface area contributed by atoms with Gasteiger partial charge in [0, 0.05) is 11.8 Å². The van der Waals surface area contributed by atoms with Gasteiger partial charge in [0.1, 0.15) is 5.75 Å². The predicted molar refractivity (Wildman–Crippen MR) is 99.2 cm³/mol. The second kappa shape index (κ2) is 6.88. The van der Waals surface area contributed by atoms with Crippen LogP contribution in [0.1, 0.15) is 36.7 Å². The topological polar surface area (TPSA) is 72.5 Å². The Labute approximate surface area is 148 Å². The number of ether oxygens (including phenoxy) is 1. The van der Waals surface area contributed by atoms with Crippen LogP contribution in [0, 0.1) is 0 Å². The molecule has 0 fully saturated rings. The van der Waals surface area contributed by atoms with Gasteiger partial charge in [-0.15, -0.1) is 0 Å². The molecular weight excluding hydrogens is 338 g/mol. The summed E-state index contributed by atoms with van der Waals surface area (Å²) in [6.07, 6.45) is 1.13. The Hall–Kier alpha value is -2.34. The Bertz CT molecular complexity index is 879. The molecule has 0 bridgehead atoms. The maximum atomic E-state index is 12.5. The van der Waals surface area contributed by atoms with Gasteiger partial charge in [-0.3, -0.25) is 4.79 Å². The van der Waals surface area contributed by atoms with Crippen molar-refractivity contribution in [1.82, 2.24) is 0 Å². The number of hydrogen-bond acceptors (Lipinski definition) is 4. The molecule has 0 atom stereocenters. The SMILES string of the molecule is COc1ccc(C(C)(C)C)cc1NC(=O)c1ccc(S(C)(=O)=O)cc1. The number of carbonyl (C=O) groups is 1. The number of hydrogen-bond donors (Lipinski definition) is 1. The second-order valence-corrected chi connectivity index (χ2v) is 8.93. The van der Waals surface area contributed by atoms with Crippen LogP contribution in [0.5, 0.6) is 5.75 Å². The Morgan fingerprint density at radius 3 is 2.12 bits per heavy atom. The van der Waals surface area contributed by atoms with Crippen molar-refractivity contribution < 1.29 is 17.9 Å². The quantitative estimate of drug-likeness (QED) is 0.902. The second-order valence-electron chi connectivity index (χ2n) is 6.92. The lowest BCUT2D eigenvalue weighted by molar-refractivity contribution is 0.102. The van der Waals surface area contributed by atoms with Crippen LogP contribution in [0.25, 0.3) is 0 Å². The molecule has 0 saturated carbocycles. The van der Waals surface area contributed by atoms with Gasteiger partial charge >= 0.3 is 0 Å². The molecule has 2 rings (SSSR count). The predicted octanol–water partition coefficient (Wildman–Crippen LogP) is 3.65. The van der Waals surface area contributed by atoms with Crippen molar-refractivity contribution in [2.24, 2.45) is 0 Å². The van der Waals surface area contributed by atoms with E-state index < -0.39 is 9.84 Å². The molecule has 2 aromatic rings. The molecule has 6 heteroatoms. The summed E-state index contributed by atoms with van der Waals surface area (Å²) in [5.41, 5.74) is 1.95. The van der Waals surface area contributed by atoms with Crippen LogP contribution in [0.4, 0.5) is 5.69 Å². The van der Waals surface area contributed by atoms with Crippen LogP contribution in [-0.4, -0.2) is 27.7 Å². The summed E-state index contributed by atoms with van der Waals surface area (Å²) < 4.78 is 28.3. The lowest BCUT2D eigenvalue weighted by Crippen LogP contribution is -2.15. The average molecular weight is 361 g/mol. The monoisotopic (exact) mass is 361 g/mol. The fraction of sp³-hybridized carbons (Fsp3) is 0.316. The maximum Gasteiger partial charge on any atom is 0.255 e. The summed E-state index contributed by atoms with van der Waals surface area (Å²) in [5, 5.41) is 2.84. The first kappa shape index (κ1) is 19.0. The van der Waals surface area contributed by atoms with Gasteiger partial charge in [-0.05, 0) is 47.4 Å². The Kier molecular flexibility index (Phi) is 5.23. The van der Waals surface area contributed by atoms with Gasteiger partial charge in [-0.1, -0.05) is 26.8 Å². The number of benzene rings is 2. The number of sulfone groups is 1. The molecule has 0 saturated heterocycles. The number of carbonyl (C=O) groups excluding carboxylic acids is 1. The summed E-state index contributed by atoms with van der Waals surface area (Å²) >= 11 is 0. The lowest BCUT2D eigenvalue weighted by atomic mass is 9.87. The van der Waals surface area contributed by atoms with Crippen molar-refractivity contribution in [1.29, 1.82) is 0 Å². The van der Waals surface area contributed by atoms with E-state index in [0.29, 0.717) is 17.0 Å². The largest absolute Gasteiger partial charge is 0.495 e. The highest BCUT2D eigenvalue weighted by molar-refractivity contribution is 7.90. The molecule has 0 aliphatic rings. The van der Waals surface area contributed by atoms with Crippen LogP contribution in [0.15, 0.2) is 47.4 Å². The smallest absolute Gasteiger partial charge is 0.255 e. The minimum Gasteiger partial charge on any atom is -0.495 e. The third-order valence-electron chi connectivity index (χ3n) is 3.86. The standard InChI is InChI=1S/C19H23NO4S/c1-19(2,3)14-8-11-17(24-4)16(12-14)20-18(21)13-6-9-15(10-7-13)25(5,22)23/h6-12H,1-5H3,(H,20,21). The lowest BCUT2D eigenvalue weighted by Gasteiger charge is -2.21. The molecule has 1 amide bonds. The molecule has 2 aromatic carbocycles. The van der Waals surface area contributed by atoms with Gasteiger partial charge in [0.25, 0.3) is 5.91 Å². The van der Waals surface area contributed by atoms with Crippen molar-refractivity contribution >= 4 is 21.4 Å². The van der Waals surface area contributed by atoms with E-state index in [9.17, 15) is 13.2 Å². The van der Waals surface area contributed by atoms with E-state index in [4.69, 9.17) is 4.74 Å². The summed E-state index contributed by atoms with van der Waals surface area (Å²) in [6, 6.07) is 11.5. The van der Waals surface area contributed by atoms with Gasteiger partial charge in [-0.2, -0.15) is 0 Å². The van der Waals surface area contributed by atoms with Crippen molar-refractivity contribution in [2.75, 3.05) is 18.7 Å². The zero-order valence-corrected chi connectivity index (χ0v) is 15.9. The zero-order chi connectivity index (χ0) is 18.8. The molecule has 0 aliphatic carbocycles. The highest BCUT2D eigenvalue weighted by Crippen LogP contribution is 2.31. The van der Waals surface area contributed by atoms with Gasteiger partial charge in [0.2, 0.25) is 0 Å². The third kappa shape index (κ3) is 4.60. The van der Waals surface area contributed by atoms with E-state index in [-0.39, 0.29) is 16.2 Å². The Morgan fingerprint density at radius 2 is 1.64 bits per heavy atom. The number of nitrogens with one attached hydrogen (secondary N) is 1. The van der Waals surface area contributed by atoms with Crippen LogP contribution in [0.2, 0.25) is 0 Å². The number of anilines is 1. The van der Waals surface area contributed by atoms with Gasteiger partial charge in [-0.25, -0.2) is 8.42 Å². The van der Waals surface area contributed by atoms with E-state index in [1.54, 1.807) is 7.11 Å². The summed E-state index contributed by atoms with van der Waals surface area (Å²) in [5.74, 6) is 0.235. The van der Waals surface area contributed by atoms with Crippen molar-refractivity contribution in [3.8, 4) is 5.75 Å². The van der Waals surface area contributed by atoms with E-state index >= 15 is 0 Å².